The Bertz CT molecular complexity index is 698. The van der Waals surface area contributed by atoms with Gasteiger partial charge in [-0.05, 0) is 36.4 Å². The van der Waals surface area contributed by atoms with Gasteiger partial charge in [0.05, 0.1) is 0 Å². The van der Waals surface area contributed by atoms with E-state index in [9.17, 15) is 20.4 Å². The molecule has 5 heteroatoms. The molecule has 3 rings (SSSR count). The van der Waals surface area contributed by atoms with Gasteiger partial charge in [0.1, 0.15) is 34.5 Å². The summed E-state index contributed by atoms with van der Waals surface area (Å²) in [7, 11) is 0. The van der Waals surface area contributed by atoms with Gasteiger partial charge in [-0.15, -0.1) is 0 Å². The molecule has 0 radical (unpaired) electrons. The quantitative estimate of drug-likeness (QED) is 0.578. The third kappa shape index (κ3) is 2.62. The third-order valence-electron chi connectivity index (χ3n) is 2.98. The summed E-state index contributed by atoms with van der Waals surface area (Å²) in [5.74, 6) is 0.602. The van der Waals surface area contributed by atoms with Crippen molar-refractivity contribution < 1.29 is 24.8 Å². The summed E-state index contributed by atoms with van der Waals surface area (Å²) < 4.78 is 5.63. The minimum absolute atomic E-state index is 0.0713. The maximum atomic E-state index is 9.48. The Labute approximate surface area is 120 Å². The molecule has 1 aromatic heterocycles. The maximum Gasteiger partial charge on any atom is 0.135 e. The van der Waals surface area contributed by atoms with Crippen molar-refractivity contribution in [2.75, 3.05) is 0 Å². The molecule has 0 saturated carbocycles. The van der Waals surface area contributed by atoms with E-state index in [1.165, 1.54) is 36.4 Å². The predicted molar refractivity (Wildman–Crippen MR) is 76.2 cm³/mol. The van der Waals surface area contributed by atoms with Crippen LogP contribution in [0, 0.1) is 0 Å². The lowest BCUT2D eigenvalue weighted by Crippen LogP contribution is -1.76. The zero-order valence-corrected chi connectivity index (χ0v) is 10.8. The highest BCUT2D eigenvalue weighted by Gasteiger charge is 2.10. The van der Waals surface area contributed by atoms with Gasteiger partial charge in [0, 0.05) is 23.3 Å². The lowest BCUT2D eigenvalue weighted by atomic mass is 10.1. The molecule has 21 heavy (non-hydrogen) atoms. The SMILES string of the molecule is Oc1cc(O)cc(-c2ccc(-c3cc(O)cc(O)c3)o2)c1. The highest BCUT2D eigenvalue weighted by atomic mass is 16.3. The highest BCUT2D eigenvalue weighted by Crippen LogP contribution is 2.34. The third-order valence-corrected chi connectivity index (χ3v) is 2.98. The molecule has 0 unspecified atom stereocenters. The van der Waals surface area contributed by atoms with E-state index in [-0.39, 0.29) is 23.0 Å². The van der Waals surface area contributed by atoms with Crippen LogP contribution in [0.25, 0.3) is 22.6 Å². The molecule has 106 valence electrons. The summed E-state index contributed by atoms with van der Waals surface area (Å²) in [6, 6.07) is 11.6. The first-order valence-corrected chi connectivity index (χ1v) is 6.18. The number of hydrogen-bond donors (Lipinski definition) is 4. The van der Waals surface area contributed by atoms with Gasteiger partial charge in [0.25, 0.3) is 0 Å². The molecule has 2 aromatic carbocycles. The van der Waals surface area contributed by atoms with Crippen LogP contribution >= 0.6 is 0 Å². The van der Waals surface area contributed by atoms with Crippen LogP contribution in [0.3, 0.4) is 0 Å². The van der Waals surface area contributed by atoms with Crippen molar-refractivity contribution in [3.63, 3.8) is 0 Å². The number of hydrogen-bond acceptors (Lipinski definition) is 5. The van der Waals surface area contributed by atoms with Crippen LogP contribution in [0.1, 0.15) is 0 Å². The molecule has 0 saturated heterocycles. The molecule has 0 atom stereocenters. The minimum atomic E-state index is -0.0713. The van der Waals surface area contributed by atoms with Crippen LogP contribution < -0.4 is 0 Å². The van der Waals surface area contributed by atoms with E-state index >= 15 is 0 Å². The summed E-state index contributed by atoms with van der Waals surface area (Å²) in [6.45, 7) is 0. The van der Waals surface area contributed by atoms with Crippen LogP contribution in [-0.4, -0.2) is 20.4 Å². The topological polar surface area (TPSA) is 94.1 Å². The van der Waals surface area contributed by atoms with Gasteiger partial charge in [-0.3, -0.25) is 0 Å². The molecule has 0 bridgehead atoms. The summed E-state index contributed by atoms with van der Waals surface area (Å²) in [5, 5.41) is 37.9. The molecule has 4 N–H and O–H groups in total. The number of aromatic hydroxyl groups is 4. The molecular weight excluding hydrogens is 272 g/mol. The van der Waals surface area contributed by atoms with Crippen LogP contribution in [0.2, 0.25) is 0 Å². The van der Waals surface area contributed by atoms with Crippen molar-refractivity contribution in [1.82, 2.24) is 0 Å². The molecule has 0 aliphatic carbocycles. The smallest absolute Gasteiger partial charge is 0.135 e. The fourth-order valence-electron chi connectivity index (χ4n) is 2.12. The molecule has 0 spiro atoms. The first-order valence-electron chi connectivity index (χ1n) is 6.18. The van der Waals surface area contributed by atoms with Crippen molar-refractivity contribution in [2.24, 2.45) is 0 Å². The fraction of sp³-hybridized carbons (Fsp3) is 0. The van der Waals surface area contributed by atoms with Crippen LogP contribution in [-0.2, 0) is 0 Å². The zero-order valence-electron chi connectivity index (χ0n) is 10.8. The van der Waals surface area contributed by atoms with E-state index in [2.05, 4.69) is 0 Å². The minimum Gasteiger partial charge on any atom is -0.508 e. The van der Waals surface area contributed by atoms with Crippen molar-refractivity contribution >= 4 is 0 Å². The van der Waals surface area contributed by atoms with E-state index in [1.807, 2.05) is 0 Å². The fourth-order valence-corrected chi connectivity index (χ4v) is 2.12. The molecule has 3 aromatic rings. The Morgan fingerprint density at radius 1 is 0.524 bits per heavy atom. The number of rotatable bonds is 2. The average Bonchev–Trinajstić information content (AvgIpc) is 2.85. The number of furan rings is 1. The normalized spacial score (nSPS) is 10.7. The number of phenolic OH excluding ortho intramolecular Hbond substituents is 4. The maximum absolute atomic E-state index is 9.48. The van der Waals surface area contributed by atoms with E-state index < -0.39 is 0 Å². The van der Waals surface area contributed by atoms with Gasteiger partial charge in [0.2, 0.25) is 0 Å². The van der Waals surface area contributed by atoms with Crippen LogP contribution in [0.5, 0.6) is 23.0 Å². The summed E-state index contributed by atoms with van der Waals surface area (Å²) >= 11 is 0. The summed E-state index contributed by atoms with van der Waals surface area (Å²) in [5.41, 5.74) is 1.03. The Morgan fingerprint density at radius 2 is 0.857 bits per heavy atom. The van der Waals surface area contributed by atoms with Gasteiger partial charge in [-0.25, -0.2) is 0 Å². The average molecular weight is 284 g/mol. The largest absolute Gasteiger partial charge is 0.508 e. The molecular formula is C16H12O5. The Morgan fingerprint density at radius 3 is 1.19 bits per heavy atom. The number of benzene rings is 2. The Balaban J connectivity index is 2.03. The molecule has 0 amide bonds. The molecule has 1 heterocycles. The summed E-state index contributed by atoms with van der Waals surface area (Å²) in [6.07, 6.45) is 0. The molecule has 0 aliphatic rings. The Hall–Kier alpha value is -3.08. The first kappa shape index (κ1) is 12.9. The monoisotopic (exact) mass is 284 g/mol. The lowest BCUT2D eigenvalue weighted by Gasteiger charge is -2.02. The first-order chi connectivity index (χ1) is 10.0. The van der Waals surface area contributed by atoms with E-state index in [0.717, 1.165) is 0 Å². The number of phenols is 4. The van der Waals surface area contributed by atoms with Gasteiger partial charge < -0.3 is 24.8 Å². The molecule has 5 nitrogen and oxygen atoms in total. The zero-order chi connectivity index (χ0) is 15.0. The van der Waals surface area contributed by atoms with Crippen LogP contribution in [0.4, 0.5) is 0 Å². The van der Waals surface area contributed by atoms with Crippen molar-refractivity contribution in [1.29, 1.82) is 0 Å². The van der Waals surface area contributed by atoms with Gasteiger partial charge >= 0.3 is 0 Å². The van der Waals surface area contributed by atoms with Crippen molar-refractivity contribution in [3.05, 3.63) is 48.5 Å². The second kappa shape index (κ2) is 4.79. The Kier molecular flexibility index (Phi) is 2.95. The van der Waals surface area contributed by atoms with Gasteiger partial charge in [0.15, 0.2) is 0 Å². The van der Waals surface area contributed by atoms with Gasteiger partial charge in [-0.1, -0.05) is 0 Å². The van der Waals surface area contributed by atoms with Crippen molar-refractivity contribution in [2.45, 2.75) is 0 Å². The standard InChI is InChI=1S/C16H12O5/c17-11-3-9(4-12(18)7-11)15-1-2-16(21-15)10-5-13(19)8-14(20)6-10/h1-8,17-20H. The van der Waals surface area contributed by atoms with E-state index in [0.29, 0.717) is 22.6 Å². The second-order valence-corrected chi connectivity index (χ2v) is 4.64. The highest BCUT2D eigenvalue weighted by molar-refractivity contribution is 5.68. The second-order valence-electron chi connectivity index (χ2n) is 4.64. The lowest BCUT2D eigenvalue weighted by molar-refractivity contribution is 0.450. The van der Waals surface area contributed by atoms with Crippen molar-refractivity contribution in [3.8, 4) is 45.6 Å². The van der Waals surface area contributed by atoms with Gasteiger partial charge in [-0.2, -0.15) is 0 Å². The van der Waals surface area contributed by atoms with E-state index in [4.69, 9.17) is 4.42 Å². The predicted octanol–water partition coefficient (Wildman–Crippen LogP) is 3.44. The van der Waals surface area contributed by atoms with Crippen LogP contribution in [0.15, 0.2) is 52.9 Å². The molecule has 0 fully saturated rings. The van der Waals surface area contributed by atoms with E-state index in [1.54, 1.807) is 12.1 Å². The molecule has 0 aliphatic heterocycles. The summed E-state index contributed by atoms with van der Waals surface area (Å²) in [4.78, 5) is 0.